The van der Waals surface area contributed by atoms with Crippen molar-refractivity contribution in [2.24, 2.45) is 5.92 Å². The van der Waals surface area contributed by atoms with Gasteiger partial charge in [0.25, 0.3) is 0 Å². The summed E-state index contributed by atoms with van der Waals surface area (Å²) >= 11 is 3.29. The van der Waals surface area contributed by atoms with Crippen molar-refractivity contribution in [1.29, 1.82) is 0 Å². The molecule has 1 unspecified atom stereocenters. The molecule has 2 nitrogen and oxygen atoms in total. The largest absolute Gasteiger partial charge is 0.457 e. The molecule has 13 heavy (non-hydrogen) atoms. The number of aliphatic hydroxyl groups excluding tert-OH is 1. The second-order valence-electron chi connectivity index (χ2n) is 3.64. The second kappa shape index (κ2) is 3.84. The maximum atomic E-state index is 10.0. The minimum Gasteiger partial charge on any atom is -0.457 e. The Hall–Kier alpha value is -0.280. The summed E-state index contributed by atoms with van der Waals surface area (Å²) in [5.74, 6) is 0.425. The fourth-order valence-corrected chi connectivity index (χ4v) is 2.52. The highest BCUT2D eigenvalue weighted by molar-refractivity contribution is 9.10. The van der Waals surface area contributed by atoms with E-state index in [4.69, 9.17) is 4.42 Å². The van der Waals surface area contributed by atoms with Crippen LogP contribution in [0.4, 0.5) is 0 Å². The van der Waals surface area contributed by atoms with Gasteiger partial charge in [-0.1, -0.05) is 12.8 Å². The molecule has 0 amide bonds. The monoisotopic (exact) mass is 244 g/mol. The van der Waals surface area contributed by atoms with Crippen molar-refractivity contribution in [3.8, 4) is 0 Å². The van der Waals surface area contributed by atoms with Crippen LogP contribution in [0, 0.1) is 5.92 Å². The molecule has 1 N–H and O–H groups in total. The molecule has 0 radical (unpaired) electrons. The highest BCUT2D eigenvalue weighted by atomic mass is 79.9. The number of halogens is 1. The average Bonchev–Trinajstić information content (AvgIpc) is 2.72. The maximum Gasteiger partial charge on any atom is 0.174 e. The molecule has 3 heteroatoms. The number of hydrogen-bond acceptors (Lipinski definition) is 2. The average molecular weight is 245 g/mol. The first kappa shape index (κ1) is 9.28. The third kappa shape index (κ3) is 1.81. The third-order valence-electron chi connectivity index (χ3n) is 2.81. The van der Waals surface area contributed by atoms with Gasteiger partial charge >= 0.3 is 0 Å². The third-order valence-corrected chi connectivity index (χ3v) is 3.46. The lowest BCUT2D eigenvalue weighted by atomic mass is 9.96. The van der Waals surface area contributed by atoms with E-state index in [-0.39, 0.29) is 6.10 Å². The van der Waals surface area contributed by atoms with Crippen LogP contribution >= 0.6 is 15.9 Å². The molecule has 0 spiro atoms. The summed E-state index contributed by atoms with van der Waals surface area (Å²) in [4.78, 5) is 0. The van der Waals surface area contributed by atoms with Gasteiger partial charge in [0.15, 0.2) is 4.67 Å². The molecule has 0 aliphatic heterocycles. The van der Waals surface area contributed by atoms with Crippen LogP contribution in [-0.4, -0.2) is 5.11 Å². The lowest BCUT2D eigenvalue weighted by Gasteiger charge is -2.16. The van der Waals surface area contributed by atoms with Gasteiger partial charge in [-0.3, -0.25) is 0 Å². The van der Waals surface area contributed by atoms with Crippen LogP contribution in [0.15, 0.2) is 21.4 Å². The summed E-state index contributed by atoms with van der Waals surface area (Å²) in [6.45, 7) is 0. The molecule has 72 valence electrons. The van der Waals surface area contributed by atoms with E-state index in [1.165, 1.54) is 12.8 Å². The molecule has 1 saturated carbocycles. The zero-order chi connectivity index (χ0) is 9.26. The van der Waals surface area contributed by atoms with E-state index < -0.39 is 0 Å². The molecule has 1 heterocycles. The Labute approximate surface area is 86.1 Å². The topological polar surface area (TPSA) is 33.4 Å². The van der Waals surface area contributed by atoms with Crippen LogP contribution in [0.5, 0.6) is 0 Å². The summed E-state index contributed by atoms with van der Waals surface area (Å²) in [5.41, 5.74) is 0.895. The van der Waals surface area contributed by atoms with Crippen LogP contribution in [0.1, 0.15) is 37.4 Å². The summed E-state index contributed by atoms with van der Waals surface area (Å²) in [7, 11) is 0. The Balaban J connectivity index is 2.12. The van der Waals surface area contributed by atoms with Crippen molar-refractivity contribution in [2.45, 2.75) is 31.8 Å². The Bertz CT molecular complexity index is 276. The molecule has 0 bridgehead atoms. The van der Waals surface area contributed by atoms with Crippen molar-refractivity contribution in [3.05, 3.63) is 22.6 Å². The van der Waals surface area contributed by atoms with Gasteiger partial charge in [0.2, 0.25) is 0 Å². The highest BCUT2D eigenvalue weighted by Crippen LogP contribution is 2.38. The zero-order valence-electron chi connectivity index (χ0n) is 7.37. The van der Waals surface area contributed by atoms with Gasteiger partial charge in [-0.2, -0.15) is 0 Å². The molecule has 0 aromatic carbocycles. The van der Waals surface area contributed by atoms with Gasteiger partial charge in [-0.25, -0.2) is 0 Å². The van der Waals surface area contributed by atoms with E-state index in [0.717, 1.165) is 18.4 Å². The van der Waals surface area contributed by atoms with E-state index in [0.29, 0.717) is 10.6 Å². The van der Waals surface area contributed by atoms with Gasteiger partial charge in [0, 0.05) is 5.56 Å². The Morgan fingerprint density at radius 1 is 1.46 bits per heavy atom. The Kier molecular flexibility index (Phi) is 2.74. The van der Waals surface area contributed by atoms with Crippen molar-refractivity contribution in [1.82, 2.24) is 0 Å². The van der Waals surface area contributed by atoms with Crippen molar-refractivity contribution < 1.29 is 9.52 Å². The second-order valence-corrected chi connectivity index (χ2v) is 4.36. The first-order valence-corrected chi connectivity index (χ1v) is 5.49. The summed E-state index contributed by atoms with van der Waals surface area (Å²) < 4.78 is 5.77. The lowest BCUT2D eigenvalue weighted by Crippen LogP contribution is -2.08. The zero-order valence-corrected chi connectivity index (χ0v) is 8.96. The maximum absolute atomic E-state index is 10.0. The lowest BCUT2D eigenvalue weighted by molar-refractivity contribution is 0.110. The summed E-state index contributed by atoms with van der Waals surface area (Å²) in [6.07, 6.45) is 6.03. The van der Waals surface area contributed by atoms with Crippen LogP contribution in [0.3, 0.4) is 0 Å². The first-order chi connectivity index (χ1) is 6.29. The van der Waals surface area contributed by atoms with E-state index >= 15 is 0 Å². The molecule has 2 rings (SSSR count). The van der Waals surface area contributed by atoms with Crippen LogP contribution < -0.4 is 0 Å². The van der Waals surface area contributed by atoms with Gasteiger partial charge < -0.3 is 9.52 Å². The number of rotatable bonds is 2. The molecule has 1 atom stereocenters. The van der Waals surface area contributed by atoms with Crippen LogP contribution in [-0.2, 0) is 0 Å². The van der Waals surface area contributed by atoms with Crippen molar-refractivity contribution in [2.75, 3.05) is 0 Å². The Morgan fingerprint density at radius 3 is 2.69 bits per heavy atom. The molecule has 1 aliphatic carbocycles. The number of aliphatic hydroxyl groups is 1. The predicted octanol–water partition coefficient (Wildman–Crippen LogP) is 3.27. The van der Waals surface area contributed by atoms with E-state index in [1.54, 1.807) is 6.26 Å². The number of furan rings is 1. The fourth-order valence-electron chi connectivity index (χ4n) is 2.04. The van der Waals surface area contributed by atoms with E-state index in [9.17, 15) is 5.11 Å². The molecule has 1 aromatic rings. The normalized spacial score (nSPS) is 20.8. The quantitative estimate of drug-likeness (QED) is 0.867. The fraction of sp³-hybridized carbons (Fsp3) is 0.600. The Morgan fingerprint density at radius 2 is 2.15 bits per heavy atom. The summed E-state index contributed by atoms with van der Waals surface area (Å²) in [6, 6.07) is 1.84. The van der Waals surface area contributed by atoms with E-state index in [2.05, 4.69) is 15.9 Å². The molecule has 1 fully saturated rings. The van der Waals surface area contributed by atoms with Crippen molar-refractivity contribution >= 4 is 15.9 Å². The minimum absolute atomic E-state index is 0.351. The molecular formula is C10H13BrO2. The smallest absolute Gasteiger partial charge is 0.174 e. The SMILES string of the molecule is OC(c1ccoc1Br)C1CCCC1. The predicted molar refractivity (Wildman–Crippen MR) is 53.3 cm³/mol. The molecule has 1 aliphatic rings. The van der Waals surface area contributed by atoms with Gasteiger partial charge in [-0.05, 0) is 40.8 Å². The molecule has 1 aromatic heterocycles. The van der Waals surface area contributed by atoms with E-state index in [1.807, 2.05) is 6.07 Å². The summed E-state index contributed by atoms with van der Waals surface area (Å²) in [5, 5.41) is 10.0. The van der Waals surface area contributed by atoms with Gasteiger partial charge in [-0.15, -0.1) is 0 Å². The number of hydrogen-bond donors (Lipinski definition) is 1. The minimum atomic E-state index is -0.351. The highest BCUT2D eigenvalue weighted by Gasteiger charge is 2.26. The molecule has 0 saturated heterocycles. The van der Waals surface area contributed by atoms with Gasteiger partial charge in [0.1, 0.15) is 0 Å². The molecular weight excluding hydrogens is 232 g/mol. The first-order valence-electron chi connectivity index (χ1n) is 4.70. The van der Waals surface area contributed by atoms with Crippen LogP contribution in [0.25, 0.3) is 0 Å². The van der Waals surface area contributed by atoms with Crippen LogP contribution in [0.2, 0.25) is 0 Å². The van der Waals surface area contributed by atoms with Crippen molar-refractivity contribution in [3.63, 3.8) is 0 Å². The standard InChI is InChI=1S/C10H13BrO2/c11-10-8(5-6-13-10)9(12)7-3-1-2-4-7/h5-7,9,12H,1-4H2. The van der Waals surface area contributed by atoms with Gasteiger partial charge in [0.05, 0.1) is 12.4 Å².